The summed E-state index contributed by atoms with van der Waals surface area (Å²) in [5.41, 5.74) is 5.22. The molecule has 5 heteroatoms. The van der Waals surface area contributed by atoms with Crippen LogP contribution in [0.3, 0.4) is 0 Å². The Balaban J connectivity index is 1.91. The number of benzene rings is 3. The van der Waals surface area contributed by atoms with Crippen molar-refractivity contribution in [1.29, 1.82) is 0 Å². The fourth-order valence-electron chi connectivity index (χ4n) is 3.94. The van der Waals surface area contributed by atoms with E-state index in [1.165, 1.54) is 3.97 Å². The van der Waals surface area contributed by atoms with E-state index in [2.05, 4.69) is 0 Å². The lowest BCUT2D eigenvalue weighted by atomic mass is 10.0. The molecule has 140 valence electrons. The van der Waals surface area contributed by atoms with Gasteiger partial charge in [0.1, 0.15) is 0 Å². The van der Waals surface area contributed by atoms with E-state index in [1.807, 2.05) is 67.6 Å². The Morgan fingerprint density at radius 3 is 2.36 bits per heavy atom. The molecule has 1 aromatic heterocycles. The minimum atomic E-state index is -3.78. The van der Waals surface area contributed by atoms with Crippen molar-refractivity contribution in [3.05, 3.63) is 89.5 Å². The van der Waals surface area contributed by atoms with E-state index >= 15 is 0 Å². The molecule has 0 aliphatic carbocycles. The van der Waals surface area contributed by atoms with Crippen LogP contribution in [0, 0.1) is 6.92 Å². The summed E-state index contributed by atoms with van der Waals surface area (Å²) in [6.45, 7) is 2.84. The minimum absolute atomic E-state index is 0.282. The third-order valence-electron chi connectivity index (χ3n) is 5.25. The van der Waals surface area contributed by atoms with E-state index in [0.29, 0.717) is 24.4 Å². The normalized spacial score (nSPS) is 13.8. The van der Waals surface area contributed by atoms with E-state index in [-0.39, 0.29) is 4.90 Å². The molecule has 0 bridgehead atoms. The monoisotopic (exact) mass is 389 g/mol. The van der Waals surface area contributed by atoms with Crippen molar-refractivity contribution in [2.24, 2.45) is 0 Å². The summed E-state index contributed by atoms with van der Waals surface area (Å²) < 4.78 is 34.8. The molecule has 4 nitrogen and oxygen atoms in total. The van der Waals surface area contributed by atoms with E-state index < -0.39 is 10.0 Å². The van der Waals surface area contributed by atoms with E-state index in [4.69, 9.17) is 4.74 Å². The van der Waals surface area contributed by atoms with Crippen LogP contribution >= 0.6 is 0 Å². The van der Waals surface area contributed by atoms with Crippen LogP contribution in [-0.2, 0) is 28.0 Å². The lowest BCUT2D eigenvalue weighted by Gasteiger charge is -2.15. The van der Waals surface area contributed by atoms with Crippen LogP contribution in [0.15, 0.2) is 77.7 Å². The second kappa shape index (κ2) is 6.33. The molecular formula is C23H19NO3S. The van der Waals surface area contributed by atoms with Gasteiger partial charge in [-0.1, -0.05) is 60.2 Å². The van der Waals surface area contributed by atoms with Gasteiger partial charge in [0.15, 0.2) is 0 Å². The van der Waals surface area contributed by atoms with Gasteiger partial charge in [0.25, 0.3) is 10.0 Å². The molecule has 3 aromatic carbocycles. The zero-order valence-corrected chi connectivity index (χ0v) is 16.2. The number of aromatic nitrogens is 1. The highest BCUT2D eigenvalue weighted by atomic mass is 32.2. The average molecular weight is 389 g/mol. The first-order valence-electron chi connectivity index (χ1n) is 9.18. The average Bonchev–Trinajstić information content (AvgIpc) is 3.06. The number of aryl methyl sites for hydroxylation is 1. The van der Waals surface area contributed by atoms with Crippen LogP contribution in [0.5, 0.6) is 0 Å². The van der Waals surface area contributed by atoms with Gasteiger partial charge in [-0.3, -0.25) is 0 Å². The van der Waals surface area contributed by atoms with E-state index in [0.717, 1.165) is 27.6 Å². The molecule has 0 unspecified atom stereocenters. The summed E-state index contributed by atoms with van der Waals surface area (Å²) >= 11 is 0. The Labute approximate surface area is 164 Å². The second-order valence-corrected chi connectivity index (χ2v) is 8.87. The summed E-state index contributed by atoms with van der Waals surface area (Å²) in [6.07, 6.45) is 0. The SMILES string of the molecule is Cc1ccc(S(=O)(=O)n2c(-c3ccccc3)c3c4c(cccc42)COC3)cc1. The fraction of sp³-hybridized carbons (Fsp3) is 0.130. The molecule has 0 spiro atoms. The minimum Gasteiger partial charge on any atom is -0.372 e. The highest BCUT2D eigenvalue weighted by Crippen LogP contribution is 2.40. The predicted octanol–water partition coefficient (Wildman–Crippen LogP) is 4.88. The van der Waals surface area contributed by atoms with E-state index in [1.54, 1.807) is 12.1 Å². The Morgan fingerprint density at radius 2 is 1.61 bits per heavy atom. The van der Waals surface area contributed by atoms with E-state index in [9.17, 15) is 8.42 Å². The zero-order chi connectivity index (χ0) is 19.3. The molecule has 0 saturated carbocycles. The summed E-state index contributed by atoms with van der Waals surface area (Å²) in [5, 5.41) is 0.989. The number of hydrogen-bond donors (Lipinski definition) is 0. The van der Waals surface area contributed by atoms with Gasteiger partial charge < -0.3 is 4.74 Å². The Bertz CT molecular complexity index is 1290. The first-order chi connectivity index (χ1) is 13.6. The molecule has 0 amide bonds. The molecular weight excluding hydrogens is 370 g/mol. The van der Waals surface area contributed by atoms with Gasteiger partial charge in [-0.2, -0.15) is 0 Å². The quantitative estimate of drug-likeness (QED) is 0.502. The highest BCUT2D eigenvalue weighted by Gasteiger charge is 2.30. The summed E-state index contributed by atoms with van der Waals surface area (Å²) in [7, 11) is -3.78. The van der Waals surface area contributed by atoms with Crippen LogP contribution in [-0.4, -0.2) is 12.4 Å². The molecule has 2 heterocycles. The topological polar surface area (TPSA) is 48.3 Å². The maximum absolute atomic E-state index is 13.7. The second-order valence-electron chi connectivity index (χ2n) is 7.08. The lowest BCUT2D eigenvalue weighted by Crippen LogP contribution is -2.14. The van der Waals surface area contributed by atoms with Gasteiger partial charge in [-0.15, -0.1) is 0 Å². The summed E-state index contributed by atoms with van der Waals surface area (Å²) in [4.78, 5) is 0.282. The van der Waals surface area contributed by atoms with Crippen molar-refractivity contribution in [3.63, 3.8) is 0 Å². The Kier molecular flexibility index (Phi) is 3.89. The summed E-state index contributed by atoms with van der Waals surface area (Å²) in [5.74, 6) is 0. The van der Waals surface area contributed by atoms with Crippen molar-refractivity contribution in [2.45, 2.75) is 25.0 Å². The molecule has 0 saturated heterocycles. The lowest BCUT2D eigenvalue weighted by molar-refractivity contribution is 0.103. The van der Waals surface area contributed by atoms with Crippen LogP contribution in [0.4, 0.5) is 0 Å². The number of hydrogen-bond acceptors (Lipinski definition) is 3. The first-order valence-corrected chi connectivity index (χ1v) is 10.6. The smallest absolute Gasteiger partial charge is 0.268 e. The molecule has 0 N–H and O–H groups in total. The molecule has 1 aliphatic rings. The Hall–Kier alpha value is -2.89. The van der Waals surface area contributed by atoms with Gasteiger partial charge in [0.2, 0.25) is 0 Å². The molecule has 4 aromatic rings. The van der Waals surface area contributed by atoms with Crippen LogP contribution in [0.1, 0.15) is 16.7 Å². The van der Waals surface area contributed by atoms with Gasteiger partial charge in [0, 0.05) is 10.9 Å². The summed E-state index contributed by atoms with van der Waals surface area (Å²) in [6, 6.07) is 22.4. The van der Waals surface area contributed by atoms with Gasteiger partial charge in [-0.05, 0) is 36.2 Å². The molecule has 28 heavy (non-hydrogen) atoms. The van der Waals surface area contributed by atoms with Gasteiger partial charge in [0.05, 0.1) is 29.3 Å². The van der Waals surface area contributed by atoms with Crippen molar-refractivity contribution < 1.29 is 13.2 Å². The molecule has 5 rings (SSSR count). The largest absolute Gasteiger partial charge is 0.372 e. The van der Waals surface area contributed by atoms with Crippen LogP contribution in [0.25, 0.3) is 22.2 Å². The number of nitrogens with zero attached hydrogens (tertiary/aromatic N) is 1. The molecule has 0 radical (unpaired) electrons. The predicted molar refractivity (Wildman–Crippen MR) is 110 cm³/mol. The van der Waals surface area contributed by atoms with Gasteiger partial charge >= 0.3 is 0 Å². The maximum atomic E-state index is 13.7. The first kappa shape index (κ1) is 17.2. The van der Waals surface area contributed by atoms with Crippen LogP contribution < -0.4 is 0 Å². The third kappa shape index (κ3) is 2.51. The highest BCUT2D eigenvalue weighted by molar-refractivity contribution is 7.90. The standard InChI is InChI=1S/C23H19NO3S/c1-16-10-12-19(13-11-16)28(25,26)24-21-9-5-8-18-14-27-15-20(22(18)21)23(24)17-6-3-2-4-7-17/h2-13H,14-15H2,1H3. The molecule has 0 atom stereocenters. The molecule has 1 aliphatic heterocycles. The van der Waals surface area contributed by atoms with Crippen molar-refractivity contribution >= 4 is 20.9 Å². The van der Waals surface area contributed by atoms with Crippen molar-refractivity contribution in [3.8, 4) is 11.3 Å². The Morgan fingerprint density at radius 1 is 0.857 bits per heavy atom. The molecule has 0 fully saturated rings. The number of rotatable bonds is 3. The van der Waals surface area contributed by atoms with Crippen molar-refractivity contribution in [1.82, 2.24) is 3.97 Å². The van der Waals surface area contributed by atoms with Gasteiger partial charge in [-0.25, -0.2) is 12.4 Å². The van der Waals surface area contributed by atoms with Crippen LogP contribution in [0.2, 0.25) is 0 Å². The third-order valence-corrected chi connectivity index (χ3v) is 6.98. The number of ether oxygens (including phenoxy) is 1. The zero-order valence-electron chi connectivity index (χ0n) is 15.4. The maximum Gasteiger partial charge on any atom is 0.268 e. The fourth-order valence-corrected chi connectivity index (χ4v) is 5.50. The van der Waals surface area contributed by atoms with Crippen molar-refractivity contribution in [2.75, 3.05) is 0 Å².